The summed E-state index contributed by atoms with van der Waals surface area (Å²) in [6, 6.07) is 0. The highest BCUT2D eigenvalue weighted by Crippen LogP contribution is 2.14. The fourth-order valence-electron chi connectivity index (χ4n) is 1.17. The van der Waals surface area contributed by atoms with Crippen LogP contribution >= 0.6 is 0 Å². The number of ketones is 1. The highest BCUT2D eigenvalue weighted by Gasteiger charge is 2.25. The van der Waals surface area contributed by atoms with Crippen LogP contribution in [0.1, 0.15) is 25.7 Å². The third kappa shape index (κ3) is 1.55. The SMILES string of the molecule is O=C1CCCC[C@H](O)[C@@H]1O. The van der Waals surface area contributed by atoms with E-state index in [1.807, 2.05) is 0 Å². The Labute approximate surface area is 59.7 Å². The first kappa shape index (κ1) is 7.69. The Balaban J connectivity index is 2.55. The summed E-state index contributed by atoms with van der Waals surface area (Å²) in [6.45, 7) is 0. The molecule has 10 heavy (non-hydrogen) atoms. The Morgan fingerprint density at radius 2 is 2.00 bits per heavy atom. The molecule has 0 aromatic heterocycles. The number of hydrogen-bond acceptors (Lipinski definition) is 3. The van der Waals surface area contributed by atoms with Gasteiger partial charge in [-0.2, -0.15) is 0 Å². The number of hydrogen-bond donors (Lipinski definition) is 2. The Bertz CT molecular complexity index is 133. The van der Waals surface area contributed by atoms with Gasteiger partial charge in [0.05, 0.1) is 6.10 Å². The van der Waals surface area contributed by atoms with Gasteiger partial charge in [0.15, 0.2) is 5.78 Å². The minimum atomic E-state index is -1.12. The van der Waals surface area contributed by atoms with Gasteiger partial charge in [-0.1, -0.05) is 6.42 Å². The second-order valence-electron chi connectivity index (χ2n) is 2.72. The third-order valence-electron chi connectivity index (χ3n) is 1.87. The number of aliphatic hydroxyl groups excluding tert-OH is 2. The quantitative estimate of drug-likeness (QED) is 0.465. The molecule has 0 saturated heterocycles. The van der Waals surface area contributed by atoms with Gasteiger partial charge in [-0.05, 0) is 12.8 Å². The zero-order valence-corrected chi connectivity index (χ0v) is 5.79. The molecule has 0 heterocycles. The summed E-state index contributed by atoms with van der Waals surface area (Å²) in [7, 11) is 0. The molecule has 2 N–H and O–H groups in total. The zero-order valence-electron chi connectivity index (χ0n) is 5.79. The van der Waals surface area contributed by atoms with E-state index in [-0.39, 0.29) is 5.78 Å². The lowest BCUT2D eigenvalue weighted by molar-refractivity contribution is -0.131. The topological polar surface area (TPSA) is 57.5 Å². The molecule has 0 aromatic rings. The van der Waals surface area contributed by atoms with Crippen LogP contribution in [0.3, 0.4) is 0 Å². The molecule has 0 unspecified atom stereocenters. The largest absolute Gasteiger partial charge is 0.390 e. The molecule has 0 aliphatic heterocycles. The van der Waals surface area contributed by atoms with Gasteiger partial charge in [-0.25, -0.2) is 0 Å². The molecular weight excluding hydrogens is 132 g/mol. The Morgan fingerprint density at radius 1 is 1.30 bits per heavy atom. The molecule has 0 spiro atoms. The fourth-order valence-corrected chi connectivity index (χ4v) is 1.17. The lowest BCUT2D eigenvalue weighted by Crippen LogP contribution is -2.31. The molecule has 0 amide bonds. The Kier molecular flexibility index (Phi) is 2.40. The van der Waals surface area contributed by atoms with E-state index in [0.29, 0.717) is 12.8 Å². The molecule has 1 saturated carbocycles. The molecule has 2 atom stereocenters. The summed E-state index contributed by atoms with van der Waals surface area (Å²) >= 11 is 0. The first-order chi connectivity index (χ1) is 4.72. The second kappa shape index (κ2) is 3.12. The number of rotatable bonds is 0. The average Bonchev–Trinajstić information content (AvgIpc) is 2.04. The molecule has 1 fully saturated rings. The number of aliphatic hydroxyl groups is 2. The van der Waals surface area contributed by atoms with E-state index in [1.165, 1.54) is 0 Å². The van der Waals surface area contributed by atoms with Gasteiger partial charge < -0.3 is 10.2 Å². The van der Waals surface area contributed by atoms with Crippen molar-refractivity contribution in [3.05, 3.63) is 0 Å². The summed E-state index contributed by atoms with van der Waals surface area (Å²) in [4.78, 5) is 10.8. The Hall–Kier alpha value is -0.410. The van der Waals surface area contributed by atoms with Gasteiger partial charge >= 0.3 is 0 Å². The monoisotopic (exact) mass is 144 g/mol. The highest BCUT2D eigenvalue weighted by molar-refractivity contribution is 5.83. The predicted molar refractivity (Wildman–Crippen MR) is 35.5 cm³/mol. The van der Waals surface area contributed by atoms with Gasteiger partial charge in [0.25, 0.3) is 0 Å². The maximum absolute atomic E-state index is 10.8. The summed E-state index contributed by atoms with van der Waals surface area (Å²) in [6.07, 6.45) is 0.652. The maximum atomic E-state index is 10.8. The predicted octanol–water partition coefficient (Wildman–Crippen LogP) is -0.149. The van der Waals surface area contributed by atoms with E-state index in [2.05, 4.69) is 0 Å². The van der Waals surface area contributed by atoms with Crippen molar-refractivity contribution in [1.82, 2.24) is 0 Å². The minimum Gasteiger partial charge on any atom is -0.390 e. The highest BCUT2D eigenvalue weighted by atomic mass is 16.3. The molecule has 0 bridgehead atoms. The molecule has 1 aliphatic rings. The summed E-state index contributed by atoms with van der Waals surface area (Å²) < 4.78 is 0. The van der Waals surface area contributed by atoms with E-state index in [9.17, 15) is 4.79 Å². The van der Waals surface area contributed by atoms with Gasteiger partial charge in [-0.3, -0.25) is 4.79 Å². The molecular formula is C7H12O3. The van der Waals surface area contributed by atoms with Crippen LogP contribution in [0.15, 0.2) is 0 Å². The van der Waals surface area contributed by atoms with Gasteiger partial charge in [0.2, 0.25) is 0 Å². The van der Waals surface area contributed by atoms with Gasteiger partial charge in [-0.15, -0.1) is 0 Å². The van der Waals surface area contributed by atoms with Crippen LogP contribution in [0.5, 0.6) is 0 Å². The first-order valence-corrected chi connectivity index (χ1v) is 3.60. The van der Waals surface area contributed by atoms with Crippen LogP contribution in [-0.4, -0.2) is 28.2 Å². The van der Waals surface area contributed by atoms with Crippen molar-refractivity contribution < 1.29 is 15.0 Å². The maximum Gasteiger partial charge on any atom is 0.163 e. The molecule has 3 nitrogen and oxygen atoms in total. The van der Waals surface area contributed by atoms with Crippen LogP contribution < -0.4 is 0 Å². The number of carbonyl (C=O) groups excluding carboxylic acids is 1. The first-order valence-electron chi connectivity index (χ1n) is 3.60. The molecule has 1 rings (SSSR count). The summed E-state index contributed by atoms with van der Waals surface area (Å²) in [5, 5.41) is 18.1. The van der Waals surface area contributed by atoms with Crippen molar-refractivity contribution in [3.8, 4) is 0 Å². The van der Waals surface area contributed by atoms with Crippen LogP contribution in [0.2, 0.25) is 0 Å². The standard InChI is InChI=1S/C7H12O3/c8-5-3-1-2-4-6(9)7(5)10/h5,7-8,10H,1-4H2/t5-,7-/m0/s1. The molecule has 3 heteroatoms. The Morgan fingerprint density at radius 3 is 2.70 bits per heavy atom. The molecule has 1 aliphatic carbocycles. The normalized spacial score (nSPS) is 35.6. The van der Waals surface area contributed by atoms with Crippen molar-refractivity contribution in [2.45, 2.75) is 37.9 Å². The van der Waals surface area contributed by atoms with Crippen molar-refractivity contribution in [2.75, 3.05) is 0 Å². The molecule has 0 aromatic carbocycles. The van der Waals surface area contributed by atoms with Crippen molar-refractivity contribution in [1.29, 1.82) is 0 Å². The van der Waals surface area contributed by atoms with Crippen molar-refractivity contribution >= 4 is 5.78 Å². The number of Topliss-reactive ketones (excluding diaryl/α,β-unsaturated/α-hetero) is 1. The smallest absolute Gasteiger partial charge is 0.163 e. The third-order valence-corrected chi connectivity index (χ3v) is 1.87. The van der Waals surface area contributed by atoms with Gasteiger partial charge in [0.1, 0.15) is 6.10 Å². The fraction of sp³-hybridized carbons (Fsp3) is 0.857. The second-order valence-corrected chi connectivity index (χ2v) is 2.72. The van der Waals surface area contributed by atoms with Crippen LogP contribution in [0, 0.1) is 0 Å². The molecule has 0 radical (unpaired) electrons. The van der Waals surface area contributed by atoms with Gasteiger partial charge in [0, 0.05) is 6.42 Å². The van der Waals surface area contributed by atoms with E-state index in [1.54, 1.807) is 0 Å². The van der Waals surface area contributed by atoms with Crippen LogP contribution in [0.4, 0.5) is 0 Å². The van der Waals surface area contributed by atoms with Crippen molar-refractivity contribution in [3.63, 3.8) is 0 Å². The molecule has 58 valence electrons. The summed E-state index contributed by atoms with van der Waals surface area (Å²) in [5.74, 6) is -0.218. The lowest BCUT2D eigenvalue weighted by atomic mass is 10.1. The van der Waals surface area contributed by atoms with E-state index < -0.39 is 12.2 Å². The zero-order chi connectivity index (χ0) is 7.56. The van der Waals surface area contributed by atoms with E-state index in [0.717, 1.165) is 12.8 Å². The lowest BCUT2D eigenvalue weighted by Gasteiger charge is -2.11. The van der Waals surface area contributed by atoms with Crippen LogP contribution in [0.25, 0.3) is 0 Å². The van der Waals surface area contributed by atoms with E-state index in [4.69, 9.17) is 10.2 Å². The van der Waals surface area contributed by atoms with Crippen LogP contribution in [-0.2, 0) is 4.79 Å². The van der Waals surface area contributed by atoms with E-state index >= 15 is 0 Å². The summed E-state index contributed by atoms with van der Waals surface area (Å²) in [5.41, 5.74) is 0. The average molecular weight is 144 g/mol. The number of carbonyl (C=O) groups is 1. The minimum absolute atomic E-state index is 0.218. The van der Waals surface area contributed by atoms with Crippen molar-refractivity contribution in [2.24, 2.45) is 0 Å².